The van der Waals surface area contributed by atoms with Crippen LogP contribution in [0.1, 0.15) is 31.1 Å². The standard InChI is InChI=1S/C15H21N3O5/c1-15(2,3)23-14(22)17-9-8-16-13(21)18-11-6-4-10(5-7-11)12(19)20/h4-7H,8-9H2,1-3H3,(H,17,22)(H,19,20)(H2,16,18,21). The van der Waals surface area contributed by atoms with Crippen molar-refractivity contribution in [1.29, 1.82) is 0 Å². The highest BCUT2D eigenvalue weighted by atomic mass is 16.6. The Bertz CT molecular complexity index is 563. The molecule has 0 heterocycles. The summed E-state index contributed by atoms with van der Waals surface area (Å²) in [6.07, 6.45) is -0.552. The Hall–Kier alpha value is -2.77. The van der Waals surface area contributed by atoms with E-state index in [1.807, 2.05) is 0 Å². The van der Waals surface area contributed by atoms with Crippen LogP contribution in [-0.4, -0.2) is 41.9 Å². The number of anilines is 1. The first-order chi connectivity index (χ1) is 10.7. The number of carboxylic acid groups (broad SMARTS) is 1. The van der Waals surface area contributed by atoms with Crippen molar-refractivity contribution in [2.24, 2.45) is 0 Å². The highest BCUT2D eigenvalue weighted by Crippen LogP contribution is 2.09. The van der Waals surface area contributed by atoms with Gasteiger partial charge in [0, 0.05) is 18.8 Å². The maximum Gasteiger partial charge on any atom is 0.407 e. The first-order valence-electron chi connectivity index (χ1n) is 7.02. The van der Waals surface area contributed by atoms with Crippen LogP contribution in [0.3, 0.4) is 0 Å². The van der Waals surface area contributed by atoms with Crippen molar-refractivity contribution in [3.05, 3.63) is 29.8 Å². The SMILES string of the molecule is CC(C)(C)OC(=O)NCCNC(=O)Nc1ccc(C(=O)O)cc1. The Labute approximate surface area is 134 Å². The zero-order chi connectivity index (χ0) is 17.5. The van der Waals surface area contributed by atoms with Gasteiger partial charge < -0.3 is 25.8 Å². The maximum absolute atomic E-state index is 11.6. The summed E-state index contributed by atoms with van der Waals surface area (Å²) in [5.74, 6) is -1.03. The molecule has 1 aromatic carbocycles. The van der Waals surface area contributed by atoms with E-state index in [1.54, 1.807) is 20.8 Å². The second-order valence-corrected chi connectivity index (χ2v) is 5.69. The number of hydrogen-bond donors (Lipinski definition) is 4. The van der Waals surface area contributed by atoms with Gasteiger partial charge in [-0.05, 0) is 45.0 Å². The molecule has 0 spiro atoms. The van der Waals surface area contributed by atoms with Crippen LogP contribution in [0.2, 0.25) is 0 Å². The lowest BCUT2D eigenvalue weighted by atomic mass is 10.2. The Balaban J connectivity index is 2.27. The van der Waals surface area contributed by atoms with E-state index in [-0.39, 0.29) is 18.7 Å². The topological polar surface area (TPSA) is 117 Å². The normalized spacial score (nSPS) is 10.6. The fourth-order valence-electron chi connectivity index (χ4n) is 1.53. The van der Waals surface area contributed by atoms with Gasteiger partial charge >= 0.3 is 18.1 Å². The molecular formula is C15H21N3O5. The number of hydrogen-bond acceptors (Lipinski definition) is 4. The summed E-state index contributed by atoms with van der Waals surface area (Å²) in [4.78, 5) is 33.7. The molecular weight excluding hydrogens is 302 g/mol. The molecule has 1 aromatic rings. The smallest absolute Gasteiger partial charge is 0.407 e. The molecule has 0 aliphatic carbocycles. The van der Waals surface area contributed by atoms with Gasteiger partial charge in [0.15, 0.2) is 0 Å². The van der Waals surface area contributed by atoms with E-state index in [0.29, 0.717) is 5.69 Å². The first-order valence-corrected chi connectivity index (χ1v) is 7.02. The molecule has 0 fully saturated rings. The minimum Gasteiger partial charge on any atom is -0.478 e. The van der Waals surface area contributed by atoms with Crippen molar-refractivity contribution in [2.45, 2.75) is 26.4 Å². The molecule has 0 saturated carbocycles. The third-order valence-corrected chi connectivity index (χ3v) is 2.47. The number of aromatic carboxylic acids is 1. The molecule has 0 bridgehead atoms. The van der Waals surface area contributed by atoms with Crippen LogP contribution in [0.15, 0.2) is 24.3 Å². The summed E-state index contributed by atoms with van der Waals surface area (Å²) in [7, 11) is 0. The summed E-state index contributed by atoms with van der Waals surface area (Å²) in [6, 6.07) is 5.30. The number of ether oxygens (including phenoxy) is 1. The van der Waals surface area contributed by atoms with Crippen LogP contribution in [0.5, 0.6) is 0 Å². The fraction of sp³-hybridized carbons (Fsp3) is 0.400. The second kappa shape index (κ2) is 8.02. The van der Waals surface area contributed by atoms with E-state index in [4.69, 9.17) is 9.84 Å². The lowest BCUT2D eigenvalue weighted by molar-refractivity contribution is 0.0527. The number of urea groups is 1. The summed E-state index contributed by atoms with van der Waals surface area (Å²) in [6.45, 7) is 5.72. The molecule has 23 heavy (non-hydrogen) atoms. The molecule has 0 atom stereocenters. The Kier molecular flexibility index (Phi) is 6.37. The van der Waals surface area contributed by atoms with Crippen LogP contribution in [0.4, 0.5) is 15.3 Å². The van der Waals surface area contributed by atoms with Crippen LogP contribution < -0.4 is 16.0 Å². The quantitative estimate of drug-likeness (QED) is 0.619. The molecule has 0 radical (unpaired) electrons. The van der Waals surface area contributed by atoms with Crippen LogP contribution >= 0.6 is 0 Å². The molecule has 3 amide bonds. The number of carbonyl (C=O) groups excluding carboxylic acids is 2. The van der Waals surface area contributed by atoms with E-state index < -0.39 is 23.7 Å². The number of alkyl carbamates (subject to hydrolysis) is 1. The molecule has 0 aromatic heterocycles. The van der Waals surface area contributed by atoms with Gasteiger partial charge in [0.2, 0.25) is 0 Å². The Morgan fingerprint density at radius 2 is 1.61 bits per heavy atom. The third kappa shape index (κ3) is 7.70. The number of nitrogens with one attached hydrogen (secondary N) is 3. The predicted octanol–water partition coefficient (Wildman–Crippen LogP) is 2.03. The highest BCUT2D eigenvalue weighted by molar-refractivity contribution is 5.91. The molecule has 0 aliphatic heterocycles. The van der Waals surface area contributed by atoms with E-state index in [9.17, 15) is 14.4 Å². The summed E-state index contributed by atoms with van der Waals surface area (Å²) in [5, 5.41) is 16.4. The first kappa shape index (κ1) is 18.3. The van der Waals surface area contributed by atoms with Crippen molar-refractivity contribution < 1.29 is 24.2 Å². The summed E-state index contributed by atoms with van der Waals surface area (Å²) in [5.41, 5.74) is 0.0295. The molecule has 4 N–H and O–H groups in total. The monoisotopic (exact) mass is 323 g/mol. The summed E-state index contributed by atoms with van der Waals surface area (Å²) < 4.78 is 5.04. The van der Waals surface area contributed by atoms with Gasteiger partial charge in [-0.25, -0.2) is 14.4 Å². The van der Waals surface area contributed by atoms with Crippen molar-refractivity contribution in [1.82, 2.24) is 10.6 Å². The van der Waals surface area contributed by atoms with Gasteiger partial charge in [0.1, 0.15) is 5.60 Å². The fourth-order valence-corrected chi connectivity index (χ4v) is 1.53. The molecule has 0 saturated heterocycles. The molecule has 8 heteroatoms. The van der Waals surface area contributed by atoms with E-state index in [1.165, 1.54) is 24.3 Å². The lowest BCUT2D eigenvalue weighted by Crippen LogP contribution is -2.39. The van der Waals surface area contributed by atoms with E-state index >= 15 is 0 Å². The average molecular weight is 323 g/mol. The number of amides is 3. The van der Waals surface area contributed by atoms with Crippen LogP contribution in [0, 0.1) is 0 Å². The third-order valence-electron chi connectivity index (χ3n) is 2.47. The minimum absolute atomic E-state index is 0.137. The predicted molar refractivity (Wildman–Crippen MR) is 84.7 cm³/mol. The van der Waals surface area contributed by atoms with Crippen molar-refractivity contribution in [3.63, 3.8) is 0 Å². The van der Waals surface area contributed by atoms with Gasteiger partial charge in [0.25, 0.3) is 0 Å². The maximum atomic E-state index is 11.6. The highest BCUT2D eigenvalue weighted by Gasteiger charge is 2.15. The van der Waals surface area contributed by atoms with E-state index in [2.05, 4.69) is 16.0 Å². The molecule has 126 valence electrons. The number of carbonyl (C=O) groups is 3. The molecule has 1 rings (SSSR count). The van der Waals surface area contributed by atoms with Crippen molar-refractivity contribution in [3.8, 4) is 0 Å². The van der Waals surface area contributed by atoms with Gasteiger partial charge in [-0.15, -0.1) is 0 Å². The van der Waals surface area contributed by atoms with Crippen LogP contribution in [-0.2, 0) is 4.74 Å². The minimum atomic E-state index is -1.03. The zero-order valence-corrected chi connectivity index (χ0v) is 13.3. The summed E-state index contributed by atoms with van der Waals surface area (Å²) >= 11 is 0. The number of rotatable bonds is 5. The largest absolute Gasteiger partial charge is 0.478 e. The van der Waals surface area contributed by atoms with Gasteiger partial charge in [0.05, 0.1) is 5.56 Å². The second-order valence-electron chi connectivity index (χ2n) is 5.69. The molecule has 0 unspecified atom stereocenters. The average Bonchev–Trinajstić information content (AvgIpc) is 2.42. The Morgan fingerprint density at radius 1 is 1.04 bits per heavy atom. The molecule has 0 aliphatic rings. The van der Waals surface area contributed by atoms with E-state index in [0.717, 1.165) is 0 Å². The van der Waals surface area contributed by atoms with Gasteiger partial charge in [-0.1, -0.05) is 0 Å². The zero-order valence-electron chi connectivity index (χ0n) is 13.3. The number of benzene rings is 1. The van der Waals surface area contributed by atoms with Crippen molar-refractivity contribution >= 4 is 23.8 Å². The molecule has 8 nitrogen and oxygen atoms in total. The van der Waals surface area contributed by atoms with Crippen molar-refractivity contribution in [2.75, 3.05) is 18.4 Å². The Morgan fingerprint density at radius 3 is 2.13 bits per heavy atom. The van der Waals surface area contributed by atoms with Gasteiger partial charge in [-0.2, -0.15) is 0 Å². The lowest BCUT2D eigenvalue weighted by Gasteiger charge is -2.19. The number of carboxylic acids is 1. The van der Waals surface area contributed by atoms with Crippen LogP contribution in [0.25, 0.3) is 0 Å². The van der Waals surface area contributed by atoms with Gasteiger partial charge in [-0.3, -0.25) is 0 Å².